The maximum atomic E-state index is 14.6. The van der Waals surface area contributed by atoms with Crippen molar-refractivity contribution in [2.24, 2.45) is 0 Å². The molecule has 0 aliphatic rings. The maximum absolute atomic E-state index is 14.6. The Hall–Kier alpha value is -2.68. The second-order valence-electron chi connectivity index (χ2n) is 6.22. The van der Waals surface area contributed by atoms with Crippen LogP contribution < -0.4 is 5.32 Å². The summed E-state index contributed by atoms with van der Waals surface area (Å²) in [5.41, 5.74) is 1.12. The molecule has 2 amide bonds. The number of carbonyl (C=O) groups is 2. The van der Waals surface area contributed by atoms with Crippen LogP contribution >= 0.6 is 11.6 Å². The van der Waals surface area contributed by atoms with Crippen LogP contribution in [0.1, 0.15) is 16.7 Å². The van der Waals surface area contributed by atoms with E-state index in [0.29, 0.717) is 16.1 Å². The Morgan fingerprint density at radius 2 is 1.83 bits per heavy atom. The number of halogens is 2. The van der Waals surface area contributed by atoms with E-state index in [1.54, 1.807) is 30.3 Å². The average molecular weight is 425 g/mol. The van der Waals surface area contributed by atoms with Crippen molar-refractivity contribution in [3.8, 4) is 0 Å². The van der Waals surface area contributed by atoms with Crippen LogP contribution in [0.15, 0.2) is 42.5 Å². The van der Waals surface area contributed by atoms with Crippen molar-refractivity contribution in [3.05, 3.63) is 70.0 Å². The van der Waals surface area contributed by atoms with Gasteiger partial charge in [-0.25, -0.2) is 9.18 Å². The number of nitrogens with zero attached hydrogens (tertiary/aromatic N) is 1. The molecule has 0 aliphatic heterocycles. The molecule has 2 rings (SSSR count). The average Bonchev–Trinajstić information content (AvgIpc) is 2.69. The van der Waals surface area contributed by atoms with Gasteiger partial charge in [0.15, 0.2) is 0 Å². The molecule has 0 atom stereocenters. The van der Waals surface area contributed by atoms with Crippen LogP contribution in [0, 0.1) is 5.82 Å². The quantitative estimate of drug-likeness (QED) is 0.635. The molecule has 0 bridgehead atoms. The van der Waals surface area contributed by atoms with Gasteiger partial charge in [-0.15, -0.1) is 0 Å². The van der Waals surface area contributed by atoms with Gasteiger partial charge in [-0.3, -0.25) is 4.79 Å². The number of nitrogens with one attached hydrogen (secondary N) is 1. The summed E-state index contributed by atoms with van der Waals surface area (Å²) in [5.74, 6) is -2.63. The molecule has 0 saturated heterocycles. The topological polar surface area (TPSA) is 88.1 Å². The first kappa shape index (κ1) is 22.6. The second-order valence-corrected chi connectivity index (χ2v) is 6.66. The third-order valence-electron chi connectivity index (χ3n) is 4.41. The smallest absolute Gasteiger partial charge is 0.407 e. The summed E-state index contributed by atoms with van der Waals surface area (Å²) in [5, 5.41) is 11.9. The van der Waals surface area contributed by atoms with Crippen LogP contribution in [0.5, 0.6) is 0 Å². The van der Waals surface area contributed by atoms with E-state index in [1.165, 1.54) is 33.4 Å². The minimum absolute atomic E-state index is 0.0295. The number of benzene rings is 2. The summed E-state index contributed by atoms with van der Waals surface area (Å²) in [6.45, 7) is -0.299. The number of ether oxygens (including phenoxy) is 2. The number of hydrogen-bond donors (Lipinski definition) is 2. The molecular formula is C20H22ClFN2O5. The van der Waals surface area contributed by atoms with Crippen molar-refractivity contribution in [1.29, 1.82) is 0 Å². The zero-order valence-corrected chi connectivity index (χ0v) is 17.0. The summed E-state index contributed by atoms with van der Waals surface area (Å²) in [7, 11) is 4.04. The third kappa shape index (κ3) is 5.03. The lowest BCUT2D eigenvalue weighted by molar-refractivity contribution is -0.186. The Morgan fingerprint density at radius 3 is 2.41 bits per heavy atom. The fourth-order valence-corrected chi connectivity index (χ4v) is 3.11. The van der Waals surface area contributed by atoms with Gasteiger partial charge in [0.1, 0.15) is 12.4 Å². The van der Waals surface area contributed by atoms with Crippen molar-refractivity contribution in [3.63, 3.8) is 0 Å². The summed E-state index contributed by atoms with van der Waals surface area (Å²) >= 11 is 6.17. The van der Waals surface area contributed by atoms with Crippen molar-refractivity contribution in [1.82, 2.24) is 10.2 Å². The van der Waals surface area contributed by atoms with E-state index in [1.807, 2.05) is 0 Å². The van der Waals surface area contributed by atoms with E-state index in [-0.39, 0.29) is 18.7 Å². The number of amides is 2. The van der Waals surface area contributed by atoms with Crippen LogP contribution in [0.3, 0.4) is 0 Å². The molecule has 0 aliphatic carbocycles. The van der Waals surface area contributed by atoms with E-state index >= 15 is 0 Å². The molecule has 29 heavy (non-hydrogen) atoms. The summed E-state index contributed by atoms with van der Waals surface area (Å²) in [6.07, 6.45) is -1.22. The first-order valence-electron chi connectivity index (χ1n) is 8.60. The largest absolute Gasteiger partial charge is 0.465 e. The Kier molecular flexibility index (Phi) is 7.55. The first-order valence-corrected chi connectivity index (χ1v) is 8.98. The zero-order valence-electron chi connectivity index (χ0n) is 16.2. The third-order valence-corrected chi connectivity index (χ3v) is 4.65. The zero-order chi connectivity index (χ0) is 21.6. The summed E-state index contributed by atoms with van der Waals surface area (Å²) in [4.78, 5) is 23.8. The van der Waals surface area contributed by atoms with Crippen LogP contribution in [0.2, 0.25) is 5.02 Å². The van der Waals surface area contributed by atoms with Gasteiger partial charge in [0.2, 0.25) is 11.7 Å². The van der Waals surface area contributed by atoms with Gasteiger partial charge in [0, 0.05) is 38.4 Å². The Labute approximate surface area is 173 Å². The fourth-order valence-electron chi connectivity index (χ4n) is 2.94. The molecule has 0 unspecified atom stereocenters. The molecule has 2 aromatic carbocycles. The van der Waals surface area contributed by atoms with Crippen LogP contribution in [0.25, 0.3) is 0 Å². The molecule has 0 saturated carbocycles. The molecule has 0 aromatic heterocycles. The van der Waals surface area contributed by atoms with E-state index in [4.69, 9.17) is 26.2 Å². The standard InChI is InChI=1S/C20H22ClFN2O5/c1-24(19(26)27)12-18(25)23-11-13-8-9-14(21)10-16(13)20(28-2,29-3)15-6-4-5-7-17(15)22/h4-10H,11-12H2,1-3H3,(H,23,25)(H,26,27). The second kappa shape index (κ2) is 9.69. The molecular weight excluding hydrogens is 403 g/mol. The predicted octanol–water partition coefficient (Wildman–Crippen LogP) is 3.20. The predicted molar refractivity (Wildman–Crippen MR) is 105 cm³/mol. The van der Waals surface area contributed by atoms with E-state index < -0.39 is 23.6 Å². The number of carboxylic acid groups (broad SMARTS) is 1. The normalized spacial score (nSPS) is 11.2. The molecule has 9 heteroatoms. The van der Waals surface area contributed by atoms with Gasteiger partial charge in [0.25, 0.3) is 0 Å². The van der Waals surface area contributed by atoms with E-state index in [0.717, 1.165) is 4.90 Å². The Bertz CT molecular complexity index is 889. The molecule has 0 radical (unpaired) electrons. The first-order chi connectivity index (χ1) is 13.7. The van der Waals surface area contributed by atoms with Crippen molar-refractivity contribution in [2.45, 2.75) is 12.3 Å². The molecule has 0 heterocycles. The SMILES string of the molecule is COC(OC)(c1ccccc1F)c1cc(Cl)ccc1CNC(=O)CN(C)C(=O)O. The molecule has 2 N–H and O–H groups in total. The van der Waals surface area contributed by atoms with Gasteiger partial charge >= 0.3 is 6.09 Å². The van der Waals surface area contributed by atoms with Gasteiger partial charge in [-0.1, -0.05) is 35.9 Å². The molecule has 0 fully saturated rings. The van der Waals surface area contributed by atoms with Crippen LogP contribution in [-0.4, -0.2) is 49.8 Å². The number of likely N-dealkylation sites (N-methyl/N-ethyl adjacent to an activating group) is 1. The van der Waals surface area contributed by atoms with E-state index in [2.05, 4.69) is 5.32 Å². The highest BCUT2D eigenvalue weighted by Crippen LogP contribution is 2.38. The number of methoxy groups -OCH3 is 2. The van der Waals surface area contributed by atoms with Crippen LogP contribution in [0.4, 0.5) is 9.18 Å². The molecule has 2 aromatic rings. The van der Waals surface area contributed by atoms with Gasteiger partial charge in [-0.2, -0.15) is 0 Å². The highest BCUT2D eigenvalue weighted by atomic mass is 35.5. The highest BCUT2D eigenvalue weighted by Gasteiger charge is 2.39. The summed E-state index contributed by atoms with van der Waals surface area (Å²) in [6, 6.07) is 10.9. The number of carbonyl (C=O) groups excluding carboxylic acids is 1. The van der Waals surface area contributed by atoms with Crippen molar-refractivity contribution in [2.75, 3.05) is 27.8 Å². The van der Waals surface area contributed by atoms with Gasteiger partial charge < -0.3 is 24.8 Å². The van der Waals surface area contributed by atoms with Gasteiger partial charge in [-0.05, 0) is 23.8 Å². The lowest BCUT2D eigenvalue weighted by Gasteiger charge is -2.34. The fraction of sp³-hybridized carbons (Fsp3) is 0.300. The van der Waals surface area contributed by atoms with Crippen molar-refractivity contribution < 1.29 is 28.6 Å². The molecule has 7 nitrogen and oxygen atoms in total. The molecule has 156 valence electrons. The highest BCUT2D eigenvalue weighted by molar-refractivity contribution is 6.30. The monoisotopic (exact) mass is 424 g/mol. The minimum atomic E-state index is -1.60. The Morgan fingerprint density at radius 1 is 1.17 bits per heavy atom. The summed E-state index contributed by atoms with van der Waals surface area (Å²) < 4.78 is 25.8. The minimum Gasteiger partial charge on any atom is -0.465 e. The molecule has 0 spiro atoms. The van der Waals surface area contributed by atoms with Gasteiger partial charge in [0.05, 0.1) is 5.56 Å². The van der Waals surface area contributed by atoms with Crippen LogP contribution in [-0.2, 0) is 26.6 Å². The van der Waals surface area contributed by atoms with Crippen molar-refractivity contribution >= 4 is 23.6 Å². The lowest BCUT2D eigenvalue weighted by Crippen LogP contribution is -2.38. The number of hydrogen-bond acceptors (Lipinski definition) is 4. The maximum Gasteiger partial charge on any atom is 0.407 e. The Balaban J connectivity index is 2.41. The number of rotatable bonds is 8. The van der Waals surface area contributed by atoms with E-state index in [9.17, 15) is 14.0 Å². The lowest BCUT2D eigenvalue weighted by atomic mass is 9.92.